The summed E-state index contributed by atoms with van der Waals surface area (Å²) in [5.74, 6) is -1.31. The van der Waals surface area contributed by atoms with Gasteiger partial charge in [0.25, 0.3) is 5.91 Å². The van der Waals surface area contributed by atoms with Gasteiger partial charge in [0.15, 0.2) is 6.04 Å². The second-order valence-electron chi connectivity index (χ2n) is 3.89. The Hall–Kier alpha value is -2.17. The highest BCUT2D eigenvalue weighted by Gasteiger charge is 2.34. The van der Waals surface area contributed by atoms with E-state index >= 15 is 0 Å². The second-order valence-corrected chi connectivity index (χ2v) is 3.89. The van der Waals surface area contributed by atoms with Gasteiger partial charge in [0.2, 0.25) is 0 Å². The molecule has 5 heteroatoms. The summed E-state index contributed by atoms with van der Waals surface area (Å²) in [4.78, 5) is 28.4. The van der Waals surface area contributed by atoms with E-state index in [1.54, 1.807) is 31.3 Å². The van der Waals surface area contributed by atoms with Crippen molar-refractivity contribution in [3.05, 3.63) is 41.7 Å². The van der Waals surface area contributed by atoms with Crippen molar-refractivity contribution in [2.45, 2.75) is 13.0 Å². The number of carboxylic acids is 1. The highest BCUT2D eigenvalue weighted by atomic mass is 16.4. The average molecular weight is 232 g/mol. The third-order valence-corrected chi connectivity index (χ3v) is 2.76. The van der Waals surface area contributed by atoms with Gasteiger partial charge in [-0.15, -0.1) is 0 Å². The summed E-state index contributed by atoms with van der Waals surface area (Å²) in [7, 11) is 0. The first-order valence-corrected chi connectivity index (χ1v) is 5.21. The number of aromatic nitrogens is 1. The minimum absolute atomic E-state index is 0.307. The van der Waals surface area contributed by atoms with Gasteiger partial charge in [-0.05, 0) is 24.6 Å². The zero-order chi connectivity index (χ0) is 12.4. The van der Waals surface area contributed by atoms with Crippen LogP contribution in [0.2, 0.25) is 0 Å². The first-order chi connectivity index (χ1) is 8.11. The summed E-state index contributed by atoms with van der Waals surface area (Å²) in [5.41, 5.74) is 1.09. The molecule has 1 amide bonds. The Morgan fingerprint density at radius 3 is 2.88 bits per heavy atom. The molecule has 0 spiro atoms. The molecule has 5 nitrogen and oxygen atoms in total. The van der Waals surface area contributed by atoms with Gasteiger partial charge in [0, 0.05) is 18.9 Å². The number of amides is 1. The van der Waals surface area contributed by atoms with Gasteiger partial charge >= 0.3 is 5.97 Å². The summed E-state index contributed by atoms with van der Waals surface area (Å²) in [6, 6.07) is 2.42. The maximum absolute atomic E-state index is 12.1. The zero-order valence-corrected chi connectivity index (χ0v) is 9.33. The molecule has 1 atom stereocenters. The fourth-order valence-corrected chi connectivity index (χ4v) is 1.89. The first-order valence-electron chi connectivity index (χ1n) is 5.21. The van der Waals surface area contributed by atoms with E-state index in [0.717, 1.165) is 0 Å². The van der Waals surface area contributed by atoms with Crippen LogP contribution < -0.4 is 0 Å². The van der Waals surface area contributed by atoms with Crippen LogP contribution in [0.5, 0.6) is 0 Å². The number of rotatable bonds is 2. The van der Waals surface area contributed by atoms with E-state index in [9.17, 15) is 9.59 Å². The van der Waals surface area contributed by atoms with Gasteiger partial charge in [0.1, 0.15) is 0 Å². The molecule has 0 aromatic carbocycles. The van der Waals surface area contributed by atoms with Gasteiger partial charge in [0.05, 0.1) is 5.56 Å². The number of carboxylic acid groups (broad SMARTS) is 1. The minimum atomic E-state index is -1.01. The van der Waals surface area contributed by atoms with Crippen LogP contribution in [0.15, 0.2) is 36.2 Å². The number of pyridine rings is 1. The van der Waals surface area contributed by atoms with Crippen molar-refractivity contribution in [1.82, 2.24) is 9.88 Å². The molecule has 1 aromatic rings. The molecule has 1 N–H and O–H groups in total. The van der Waals surface area contributed by atoms with Crippen molar-refractivity contribution in [1.29, 1.82) is 0 Å². The van der Waals surface area contributed by atoms with Crippen LogP contribution in [0.4, 0.5) is 0 Å². The van der Waals surface area contributed by atoms with E-state index in [1.807, 2.05) is 0 Å². The molecule has 2 heterocycles. The third-order valence-electron chi connectivity index (χ3n) is 2.76. The van der Waals surface area contributed by atoms with Crippen molar-refractivity contribution < 1.29 is 14.7 Å². The fraction of sp³-hybridized carbons (Fsp3) is 0.250. The molecule has 1 aromatic heterocycles. The summed E-state index contributed by atoms with van der Waals surface area (Å²) in [6.45, 7) is 2.05. The lowest BCUT2D eigenvalue weighted by Crippen LogP contribution is -2.42. The molecule has 1 aliphatic heterocycles. The van der Waals surface area contributed by atoms with Crippen LogP contribution in [0.1, 0.15) is 17.3 Å². The lowest BCUT2D eigenvalue weighted by molar-refractivity contribution is -0.140. The predicted octanol–water partition coefficient (Wildman–Crippen LogP) is 0.937. The molecule has 1 unspecified atom stereocenters. The van der Waals surface area contributed by atoms with Crippen molar-refractivity contribution in [2.24, 2.45) is 0 Å². The molecule has 88 valence electrons. The van der Waals surface area contributed by atoms with E-state index in [-0.39, 0.29) is 5.91 Å². The highest BCUT2D eigenvalue weighted by Crippen LogP contribution is 2.20. The Labute approximate surface area is 98.4 Å². The SMILES string of the molecule is CC1=CCN(C(=O)c2cccnc2)C1C(=O)O. The van der Waals surface area contributed by atoms with E-state index in [0.29, 0.717) is 17.7 Å². The van der Waals surface area contributed by atoms with Crippen LogP contribution in [0.3, 0.4) is 0 Å². The van der Waals surface area contributed by atoms with Crippen molar-refractivity contribution >= 4 is 11.9 Å². The van der Waals surface area contributed by atoms with E-state index in [1.165, 1.54) is 11.1 Å². The molecular weight excluding hydrogens is 220 g/mol. The smallest absolute Gasteiger partial charge is 0.330 e. The first kappa shape index (κ1) is 11.3. The summed E-state index contributed by atoms with van der Waals surface area (Å²) in [5, 5.41) is 9.10. The van der Waals surface area contributed by atoms with E-state index in [2.05, 4.69) is 4.98 Å². The standard InChI is InChI=1S/C12H12N2O3/c1-8-4-6-14(10(8)12(16)17)11(15)9-3-2-5-13-7-9/h2-5,7,10H,6H2,1H3,(H,16,17). The maximum atomic E-state index is 12.1. The Kier molecular flexibility index (Phi) is 2.91. The average Bonchev–Trinajstić information content (AvgIpc) is 2.71. The Balaban J connectivity index is 2.25. The van der Waals surface area contributed by atoms with Crippen LogP contribution in [0.25, 0.3) is 0 Å². The van der Waals surface area contributed by atoms with Crippen molar-refractivity contribution in [3.8, 4) is 0 Å². The van der Waals surface area contributed by atoms with Gasteiger partial charge in [-0.25, -0.2) is 4.79 Å². The Morgan fingerprint density at radius 1 is 1.53 bits per heavy atom. The number of hydrogen-bond acceptors (Lipinski definition) is 3. The maximum Gasteiger partial charge on any atom is 0.330 e. The lowest BCUT2D eigenvalue weighted by atomic mass is 10.1. The molecule has 2 rings (SSSR count). The fourth-order valence-electron chi connectivity index (χ4n) is 1.89. The molecule has 0 aliphatic carbocycles. The second kappa shape index (κ2) is 4.37. The Bertz CT molecular complexity index is 482. The topological polar surface area (TPSA) is 70.5 Å². The lowest BCUT2D eigenvalue weighted by Gasteiger charge is -2.22. The molecule has 0 saturated heterocycles. The molecule has 17 heavy (non-hydrogen) atoms. The molecule has 0 saturated carbocycles. The van der Waals surface area contributed by atoms with Crippen LogP contribution >= 0.6 is 0 Å². The van der Waals surface area contributed by atoms with E-state index < -0.39 is 12.0 Å². The van der Waals surface area contributed by atoms with Gasteiger partial charge in [-0.3, -0.25) is 9.78 Å². The summed E-state index contributed by atoms with van der Waals surface area (Å²) >= 11 is 0. The quantitative estimate of drug-likeness (QED) is 0.770. The molecule has 0 radical (unpaired) electrons. The minimum Gasteiger partial charge on any atom is -0.479 e. The van der Waals surface area contributed by atoms with Gasteiger partial charge in [-0.2, -0.15) is 0 Å². The third kappa shape index (κ3) is 2.04. The largest absolute Gasteiger partial charge is 0.479 e. The predicted molar refractivity (Wildman–Crippen MR) is 60.5 cm³/mol. The van der Waals surface area contributed by atoms with Gasteiger partial charge in [-0.1, -0.05) is 6.08 Å². The number of carbonyl (C=O) groups excluding carboxylic acids is 1. The number of carbonyl (C=O) groups is 2. The van der Waals surface area contributed by atoms with Crippen LogP contribution in [-0.4, -0.2) is 39.5 Å². The normalized spacial score (nSPS) is 19.0. The monoisotopic (exact) mass is 232 g/mol. The zero-order valence-electron chi connectivity index (χ0n) is 9.33. The summed E-state index contributed by atoms with van der Waals surface area (Å²) < 4.78 is 0. The number of hydrogen-bond donors (Lipinski definition) is 1. The number of nitrogens with zero attached hydrogens (tertiary/aromatic N) is 2. The van der Waals surface area contributed by atoms with Crippen LogP contribution in [0, 0.1) is 0 Å². The van der Waals surface area contributed by atoms with Gasteiger partial charge < -0.3 is 10.0 Å². The highest BCUT2D eigenvalue weighted by molar-refractivity contribution is 5.97. The Morgan fingerprint density at radius 2 is 2.29 bits per heavy atom. The molecular formula is C12H12N2O3. The van der Waals surface area contributed by atoms with Crippen molar-refractivity contribution in [3.63, 3.8) is 0 Å². The molecule has 0 fully saturated rings. The number of aliphatic carboxylic acids is 1. The summed E-state index contributed by atoms with van der Waals surface area (Å²) in [6.07, 6.45) is 4.76. The molecule has 1 aliphatic rings. The molecule has 0 bridgehead atoms. The van der Waals surface area contributed by atoms with Crippen molar-refractivity contribution in [2.75, 3.05) is 6.54 Å². The van der Waals surface area contributed by atoms with E-state index in [4.69, 9.17) is 5.11 Å². The van der Waals surface area contributed by atoms with Crippen LogP contribution in [-0.2, 0) is 4.79 Å².